The van der Waals surface area contributed by atoms with E-state index in [2.05, 4.69) is 15.4 Å². The quantitative estimate of drug-likeness (QED) is 0.424. The van der Waals surface area contributed by atoms with Crippen LogP contribution in [0.2, 0.25) is 5.02 Å². The molecule has 2 aliphatic rings. The number of ether oxygens (including phenoxy) is 2. The first kappa shape index (κ1) is 22.6. The number of nitrogens with zero attached hydrogens (tertiary/aromatic N) is 4. The lowest BCUT2D eigenvalue weighted by Gasteiger charge is -2.20. The van der Waals surface area contributed by atoms with Crippen molar-refractivity contribution in [3.63, 3.8) is 0 Å². The molecule has 1 aliphatic heterocycles. The summed E-state index contributed by atoms with van der Waals surface area (Å²) in [6, 6.07) is 14.2. The highest BCUT2D eigenvalue weighted by Crippen LogP contribution is 2.40. The maximum Gasteiger partial charge on any atom is 0.269 e. The minimum atomic E-state index is -0.621. The van der Waals surface area contributed by atoms with Crippen LogP contribution in [0.5, 0.6) is 11.5 Å². The van der Waals surface area contributed by atoms with Gasteiger partial charge in [0.05, 0.1) is 22.0 Å². The lowest BCUT2D eigenvalue weighted by Crippen LogP contribution is -2.16. The van der Waals surface area contributed by atoms with Crippen LogP contribution >= 0.6 is 11.6 Å². The number of hydrogen-bond donors (Lipinski definition) is 2. The molecular weight excluding hydrogens is 496 g/mol. The van der Waals surface area contributed by atoms with Crippen molar-refractivity contribution in [2.75, 3.05) is 12.1 Å². The van der Waals surface area contributed by atoms with Gasteiger partial charge in [-0.1, -0.05) is 17.7 Å². The second-order valence-corrected chi connectivity index (χ2v) is 8.88. The molecule has 1 aliphatic carbocycles. The second kappa shape index (κ2) is 8.65. The molecule has 0 saturated heterocycles. The molecule has 3 N–H and O–H groups in total. The Bertz CT molecular complexity index is 1670. The van der Waals surface area contributed by atoms with Gasteiger partial charge in [0.1, 0.15) is 11.8 Å². The van der Waals surface area contributed by atoms with Gasteiger partial charge in [0.25, 0.3) is 11.8 Å². The van der Waals surface area contributed by atoms with Crippen molar-refractivity contribution in [3.05, 3.63) is 81.8 Å². The Balaban J connectivity index is 1.44. The molecule has 0 atom stereocenters. The molecule has 4 aromatic rings. The summed E-state index contributed by atoms with van der Waals surface area (Å²) in [6.07, 6.45) is 2.52. The van der Waals surface area contributed by atoms with Crippen LogP contribution in [0.3, 0.4) is 0 Å². The second-order valence-electron chi connectivity index (χ2n) is 8.48. The van der Waals surface area contributed by atoms with Gasteiger partial charge in [0.15, 0.2) is 17.2 Å². The minimum absolute atomic E-state index is 0.0799. The Kier molecular flexibility index (Phi) is 5.28. The van der Waals surface area contributed by atoms with Crippen LogP contribution in [0.15, 0.2) is 48.7 Å². The van der Waals surface area contributed by atoms with E-state index in [1.54, 1.807) is 22.9 Å². The third-order valence-electron chi connectivity index (χ3n) is 6.30. The summed E-state index contributed by atoms with van der Waals surface area (Å²) < 4.78 is 12.6. The van der Waals surface area contributed by atoms with E-state index in [1.807, 2.05) is 24.3 Å². The van der Waals surface area contributed by atoms with Crippen LogP contribution in [0.4, 0.5) is 5.69 Å². The van der Waals surface area contributed by atoms with Gasteiger partial charge in [-0.25, -0.2) is 9.67 Å². The molecule has 37 heavy (non-hydrogen) atoms. The third-order valence-corrected chi connectivity index (χ3v) is 6.60. The molecule has 2 aromatic heterocycles. The molecule has 6 rings (SSSR count). The van der Waals surface area contributed by atoms with Crippen LogP contribution in [0.25, 0.3) is 16.9 Å². The van der Waals surface area contributed by atoms with Gasteiger partial charge in [-0.2, -0.15) is 10.4 Å². The number of pyridine rings is 1. The third kappa shape index (κ3) is 3.82. The van der Waals surface area contributed by atoms with Crippen molar-refractivity contribution in [2.24, 2.45) is 5.73 Å². The van der Waals surface area contributed by atoms with Gasteiger partial charge in [0, 0.05) is 29.1 Å². The maximum absolute atomic E-state index is 13.0. The zero-order valence-corrected chi connectivity index (χ0v) is 19.9. The predicted octanol–water partition coefficient (Wildman–Crippen LogP) is 3.64. The standard InChI is InChI=1S/C26H17ClN6O4/c27-20-11-30-15(10-28)8-19(20)26(35)31-14-3-1-13-2-5-17-23(25(29)34)32-33(24(17)18(13)7-14)16-4-6-21-22(9-16)37-12-36-21/h1,3-4,6-9,11H,2,5,12H2,(H2,29,34)(H,31,35). The molecule has 10 nitrogen and oxygen atoms in total. The molecule has 0 spiro atoms. The largest absolute Gasteiger partial charge is 0.454 e. The summed E-state index contributed by atoms with van der Waals surface area (Å²) in [5, 5.41) is 16.6. The molecule has 0 saturated carbocycles. The van der Waals surface area contributed by atoms with Gasteiger partial charge < -0.3 is 20.5 Å². The number of hydrogen-bond acceptors (Lipinski definition) is 7. The van der Waals surface area contributed by atoms with Crippen molar-refractivity contribution in [1.29, 1.82) is 5.26 Å². The van der Waals surface area contributed by atoms with Crippen molar-refractivity contribution >= 4 is 29.1 Å². The zero-order chi connectivity index (χ0) is 25.7. The van der Waals surface area contributed by atoms with Crippen molar-refractivity contribution in [3.8, 4) is 34.5 Å². The molecule has 0 radical (unpaired) electrons. The number of nitriles is 1. The summed E-state index contributed by atoms with van der Waals surface area (Å²) in [4.78, 5) is 29.1. The first-order valence-corrected chi connectivity index (χ1v) is 11.6. The van der Waals surface area contributed by atoms with E-state index in [9.17, 15) is 9.59 Å². The van der Waals surface area contributed by atoms with Crippen molar-refractivity contribution in [2.45, 2.75) is 12.8 Å². The fourth-order valence-corrected chi connectivity index (χ4v) is 4.78. The SMILES string of the molecule is N#Cc1cc(C(=O)Nc2ccc3c(c2)-c2c(c(C(N)=O)nn2-c2ccc4c(c2)OCO4)CC3)c(Cl)cn1. The van der Waals surface area contributed by atoms with Crippen LogP contribution in [-0.2, 0) is 12.8 Å². The highest BCUT2D eigenvalue weighted by molar-refractivity contribution is 6.34. The van der Waals surface area contributed by atoms with E-state index in [0.29, 0.717) is 41.4 Å². The van der Waals surface area contributed by atoms with Crippen LogP contribution in [-0.4, -0.2) is 33.4 Å². The average Bonchev–Trinajstić information content (AvgIpc) is 3.53. The number of nitrogens with two attached hydrogens (primary N) is 1. The van der Waals surface area contributed by atoms with Crippen molar-refractivity contribution < 1.29 is 19.1 Å². The molecule has 2 amide bonds. The van der Waals surface area contributed by atoms with Crippen molar-refractivity contribution in [1.82, 2.24) is 14.8 Å². The number of carbonyl (C=O) groups excluding carboxylic acids is 2. The number of anilines is 1. The fourth-order valence-electron chi connectivity index (χ4n) is 4.59. The molecule has 0 unspecified atom stereocenters. The van der Waals surface area contributed by atoms with E-state index in [-0.39, 0.29) is 28.8 Å². The Labute approximate surface area is 215 Å². The Morgan fingerprint density at radius 2 is 1.95 bits per heavy atom. The first-order chi connectivity index (χ1) is 17.9. The summed E-state index contributed by atoms with van der Waals surface area (Å²) in [5.41, 5.74) is 10.5. The van der Waals surface area contributed by atoms with E-state index < -0.39 is 11.8 Å². The lowest BCUT2D eigenvalue weighted by atomic mass is 9.88. The van der Waals surface area contributed by atoms with Gasteiger partial charge in [-0.15, -0.1) is 0 Å². The molecule has 0 fully saturated rings. The van der Waals surface area contributed by atoms with Crippen LogP contribution in [0, 0.1) is 11.3 Å². The molecular formula is C26H17ClN6O4. The number of aromatic nitrogens is 3. The van der Waals surface area contributed by atoms with E-state index >= 15 is 0 Å². The van der Waals surface area contributed by atoms with Gasteiger partial charge in [-0.05, 0) is 48.7 Å². The Morgan fingerprint density at radius 1 is 1.11 bits per heavy atom. The number of amides is 2. The number of aryl methyl sites for hydroxylation is 1. The van der Waals surface area contributed by atoms with E-state index in [0.717, 1.165) is 16.7 Å². The monoisotopic (exact) mass is 512 g/mol. The number of carbonyl (C=O) groups is 2. The van der Waals surface area contributed by atoms with E-state index in [1.165, 1.54) is 12.3 Å². The number of primary amides is 1. The van der Waals surface area contributed by atoms with E-state index in [4.69, 9.17) is 32.1 Å². The number of rotatable bonds is 4. The van der Waals surface area contributed by atoms with Gasteiger partial charge in [-0.3, -0.25) is 9.59 Å². The Hall–Kier alpha value is -4.88. The summed E-state index contributed by atoms with van der Waals surface area (Å²) in [7, 11) is 0. The highest BCUT2D eigenvalue weighted by Gasteiger charge is 2.29. The van der Waals surface area contributed by atoms with Crippen LogP contribution in [0.1, 0.15) is 37.7 Å². The first-order valence-electron chi connectivity index (χ1n) is 11.2. The average molecular weight is 513 g/mol. The van der Waals surface area contributed by atoms with Crippen LogP contribution < -0.4 is 20.5 Å². The minimum Gasteiger partial charge on any atom is -0.454 e. The molecule has 3 heterocycles. The molecule has 0 bridgehead atoms. The molecule has 182 valence electrons. The predicted molar refractivity (Wildman–Crippen MR) is 133 cm³/mol. The number of fused-ring (bicyclic) bond motifs is 4. The normalized spacial score (nSPS) is 12.9. The van der Waals surface area contributed by atoms with Gasteiger partial charge >= 0.3 is 0 Å². The number of halogens is 1. The smallest absolute Gasteiger partial charge is 0.269 e. The van der Waals surface area contributed by atoms with Gasteiger partial charge in [0.2, 0.25) is 6.79 Å². The molecule has 2 aromatic carbocycles. The maximum atomic E-state index is 13.0. The number of benzene rings is 2. The topological polar surface area (TPSA) is 145 Å². The summed E-state index contributed by atoms with van der Waals surface area (Å²) in [6.45, 7) is 0.131. The highest BCUT2D eigenvalue weighted by atomic mass is 35.5. The summed E-state index contributed by atoms with van der Waals surface area (Å²) in [5.74, 6) is 0.0938. The molecule has 11 heteroatoms. The summed E-state index contributed by atoms with van der Waals surface area (Å²) >= 11 is 6.15. The fraction of sp³-hybridized carbons (Fsp3) is 0.115. The number of nitrogens with one attached hydrogen (secondary N) is 1. The Morgan fingerprint density at radius 3 is 2.76 bits per heavy atom. The lowest BCUT2D eigenvalue weighted by molar-refractivity contribution is 0.0992. The zero-order valence-electron chi connectivity index (χ0n) is 19.1.